The highest BCUT2D eigenvalue weighted by molar-refractivity contribution is 5.96. The maximum Gasteiger partial charge on any atom is 0.252 e. The van der Waals surface area contributed by atoms with Gasteiger partial charge in [0.05, 0.1) is 12.2 Å². The van der Waals surface area contributed by atoms with Gasteiger partial charge in [0.1, 0.15) is 13.2 Å². The second-order valence-electron chi connectivity index (χ2n) is 4.28. The lowest BCUT2D eigenvalue weighted by molar-refractivity contribution is -0.122. The Morgan fingerprint density at radius 2 is 2.19 bits per heavy atom. The highest BCUT2D eigenvalue weighted by Gasteiger charge is 2.09. The third kappa shape index (κ3) is 6.08. The first-order valence-corrected chi connectivity index (χ1v) is 6.39. The lowest BCUT2D eigenvalue weighted by Crippen LogP contribution is -2.29. The number of nitrogens with one attached hydrogen (secondary N) is 1. The van der Waals surface area contributed by atoms with Crippen LogP contribution in [0, 0.1) is 18.8 Å². The lowest BCUT2D eigenvalue weighted by Gasteiger charge is -2.08. The van der Waals surface area contributed by atoms with E-state index in [2.05, 4.69) is 17.2 Å². The number of aryl methyl sites for hydroxylation is 1. The summed E-state index contributed by atoms with van der Waals surface area (Å²) in [6.07, 6.45) is 0. The van der Waals surface area contributed by atoms with Gasteiger partial charge in [-0.15, -0.1) is 0 Å². The second-order valence-corrected chi connectivity index (χ2v) is 4.28. The molecule has 0 fully saturated rings. The summed E-state index contributed by atoms with van der Waals surface area (Å²) in [5.74, 6) is 4.43. The van der Waals surface area contributed by atoms with Crippen LogP contribution in [0.25, 0.3) is 0 Å². The number of benzene rings is 1. The number of carbonyl (C=O) groups is 2. The van der Waals surface area contributed by atoms with E-state index in [1.165, 1.54) is 0 Å². The standard InChI is InChI=1S/C15H18N2O4/c1-11-4-5-13(12(9-11)3-2-7-18)15(20)17-6-8-21-10-14(16)19/h4-5,9,18H,6-8,10H2,1H3,(H2,16,19)(H,17,20). The summed E-state index contributed by atoms with van der Waals surface area (Å²) >= 11 is 0. The Morgan fingerprint density at radius 3 is 2.86 bits per heavy atom. The quantitative estimate of drug-likeness (QED) is 0.489. The minimum absolute atomic E-state index is 0.173. The average Bonchev–Trinajstić information content (AvgIpc) is 2.44. The zero-order valence-corrected chi connectivity index (χ0v) is 11.8. The molecule has 6 nitrogen and oxygen atoms in total. The van der Waals surface area contributed by atoms with Crippen LogP contribution in [0.1, 0.15) is 21.5 Å². The van der Waals surface area contributed by atoms with Crippen molar-refractivity contribution in [3.8, 4) is 11.8 Å². The molecule has 0 aliphatic heterocycles. The molecule has 0 bridgehead atoms. The SMILES string of the molecule is Cc1ccc(C(=O)NCCOCC(N)=O)c(C#CCO)c1. The third-order valence-electron chi connectivity index (χ3n) is 2.50. The third-order valence-corrected chi connectivity index (χ3v) is 2.50. The number of amides is 2. The monoisotopic (exact) mass is 290 g/mol. The molecule has 0 aliphatic carbocycles. The Morgan fingerprint density at radius 1 is 1.43 bits per heavy atom. The van der Waals surface area contributed by atoms with Crippen LogP contribution in [0.3, 0.4) is 0 Å². The predicted octanol–water partition coefficient (Wildman–Crippen LogP) is -0.429. The molecule has 0 aromatic heterocycles. The number of ether oxygens (including phenoxy) is 1. The van der Waals surface area contributed by atoms with Crippen molar-refractivity contribution in [3.63, 3.8) is 0 Å². The zero-order valence-electron chi connectivity index (χ0n) is 11.8. The molecule has 0 radical (unpaired) electrons. The maximum absolute atomic E-state index is 12.0. The minimum atomic E-state index is -0.554. The molecule has 1 rings (SSSR count). The van der Waals surface area contributed by atoms with Crippen molar-refractivity contribution in [1.82, 2.24) is 5.32 Å². The number of hydrogen-bond donors (Lipinski definition) is 3. The van der Waals surface area contributed by atoms with Crippen LogP contribution in [0.5, 0.6) is 0 Å². The van der Waals surface area contributed by atoms with Gasteiger partial charge >= 0.3 is 0 Å². The number of aliphatic hydroxyl groups is 1. The molecule has 2 amide bonds. The summed E-state index contributed by atoms with van der Waals surface area (Å²) in [6.45, 7) is 1.90. The molecule has 0 heterocycles. The molecule has 0 aliphatic rings. The first-order chi connectivity index (χ1) is 10.0. The molecular weight excluding hydrogens is 272 g/mol. The Hall–Kier alpha value is -2.36. The summed E-state index contributed by atoms with van der Waals surface area (Å²) in [5, 5.41) is 11.4. The maximum atomic E-state index is 12.0. The van der Waals surface area contributed by atoms with E-state index >= 15 is 0 Å². The van der Waals surface area contributed by atoms with Crippen molar-refractivity contribution in [2.45, 2.75) is 6.92 Å². The van der Waals surface area contributed by atoms with Crippen molar-refractivity contribution >= 4 is 11.8 Å². The lowest BCUT2D eigenvalue weighted by atomic mass is 10.0. The van der Waals surface area contributed by atoms with Crippen molar-refractivity contribution in [3.05, 3.63) is 34.9 Å². The summed E-state index contributed by atoms with van der Waals surface area (Å²) in [5.41, 5.74) is 6.87. The van der Waals surface area contributed by atoms with Crippen molar-refractivity contribution in [1.29, 1.82) is 0 Å². The summed E-state index contributed by atoms with van der Waals surface area (Å²) in [7, 11) is 0. The minimum Gasteiger partial charge on any atom is -0.384 e. The Labute approximate surface area is 123 Å². The largest absolute Gasteiger partial charge is 0.384 e. The molecule has 0 atom stereocenters. The topological polar surface area (TPSA) is 102 Å². The molecule has 6 heteroatoms. The molecule has 0 saturated carbocycles. The summed E-state index contributed by atoms with van der Waals surface area (Å²) < 4.78 is 4.95. The fourth-order valence-electron chi connectivity index (χ4n) is 1.60. The van der Waals surface area contributed by atoms with Gasteiger partial charge in [0.25, 0.3) is 5.91 Å². The van der Waals surface area contributed by atoms with Gasteiger partial charge in [-0.2, -0.15) is 0 Å². The first kappa shape index (κ1) is 16.7. The highest BCUT2D eigenvalue weighted by atomic mass is 16.5. The van der Waals surface area contributed by atoms with E-state index in [9.17, 15) is 9.59 Å². The van der Waals surface area contributed by atoms with Gasteiger partial charge in [-0.1, -0.05) is 17.9 Å². The Bertz CT molecular complexity index is 573. The van der Waals surface area contributed by atoms with Crippen molar-refractivity contribution < 1.29 is 19.4 Å². The van der Waals surface area contributed by atoms with E-state index in [4.69, 9.17) is 15.6 Å². The van der Waals surface area contributed by atoms with Crippen LogP contribution in [0.15, 0.2) is 18.2 Å². The molecule has 112 valence electrons. The van der Waals surface area contributed by atoms with Crippen LogP contribution >= 0.6 is 0 Å². The van der Waals surface area contributed by atoms with Gasteiger partial charge in [-0.3, -0.25) is 9.59 Å². The fourth-order valence-corrected chi connectivity index (χ4v) is 1.60. The van der Waals surface area contributed by atoms with Crippen LogP contribution in [0.4, 0.5) is 0 Å². The molecular formula is C15H18N2O4. The number of primary amides is 1. The average molecular weight is 290 g/mol. The normalized spacial score (nSPS) is 9.62. The molecule has 0 unspecified atom stereocenters. The zero-order chi connectivity index (χ0) is 15.7. The smallest absolute Gasteiger partial charge is 0.252 e. The highest BCUT2D eigenvalue weighted by Crippen LogP contribution is 2.10. The Balaban J connectivity index is 2.63. The molecule has 1 aromatic carbocycles. The van der Waals surface area contributed by atoms with E-state index < -0.39 is 5.91 Å². The van der Waals surface area contributed by atoms with E-state index in [-0.39, 0.29) is 32.3 Å². The molecule has 1 aromatic rings. The predicted molar refractivity (Wildman–Crippen MR) is 77.5 cm³/mol. The molecule has 21 heavy (non-hydrogen) atoms. The fraction of sp³-hybridized carbons (Fsp3) is 0.333. The van der Waals surface area contributed by atoms with Gasteiger partial charge in [0.15, 0.2) is 0 Å². The van der Waals surface area contributed by atoms with Crippen LogP contribution in [-0.4, -0.2) is 43.3 Å². The molecule has 0 spiro atoms. The van der Waals surface area contributed by atoms with Gasteiger partial charge in [0, 0.05) is 12.1 Å². The van der Waals surface area contributed by atoms with E-state index in [1.54, 1.807) is 12.1 Å². The first-order valence-electron chi connectivity index (χ1n) is 6.39. The van der Waals surface area contributed by atoms with E-state index in [1.807, 2.05) is 13.0 Å². The van der Waals surface area contributed by atoms with Gasteiger partial charge < -0.3 is 20.9 Å². The number of aliphatic hydroxyl groups excluding tert-OH is 1. The number of hydrogen-bond acceptors (Lipinski definition) is 4. The van der Waals surface area contributed by atoms with E-state index in [0.717, 1.165) is 5.56 Å². The van der Waals surface area contributed by atoms with Crippen molar-refractivity contribution in [2.24, 2.45) is 5.73 Å². The number of carbonyl (C=O) groups excluding carboxylic acids is 2. The van der Waals surface area contributed by atoms with E-state index in [0.29, 0.717) is 11.1 Å². The number of nitrogens with two attached hydrogens (primary N) is 1. The Kier molecular flexibility index (Phi) is 6.95. The van der Waals surface area contributed by atoms with Gasteiger partial charge in [-0.25, -0.2) is 0 Å². The van der Waals surface area contributed by atoms with Gasteiger partial charge in [0.2, 0.25) is 5.91 Å². The summed E-state index contributed by atoms with van der Waals surface area (Å²) in [4.78, 5) is 22.5. The van der Waals surface area contributed by atoms with Crippen molar-refractivity contribution in [2.75, 3.05) is 26.4 Å². The van der Waals surface area contributed by atoms with Crippen LogP contribution in [0.2, 0.25) is 0 Å². The summed E-state index contributed by atoms with van der Waals surface area (Å²) in [6, 6.07) is 5.26. The van der Waals surface area contributed by atoms with Crippen LogP contribution < -0.4 is 11.1 Å². The van der Waals surface area contributed by atoms with Crippen LogP contribution in [-0.2, 0) is 9.53 Å². The molecule has 4 N–H and O–H groups in total. The second kappa shape index (κ2) is 8.74. The molecule has 0 saturated heterocycles. The number of rotatable bonds is 6. The van der Waals surface area contributed by atoms with Gasteiger partial charge in [-0.05, 0) is 24.6 Å².